The van der Waals surface area contributed by atoms with Gasteiger partial charge in [0.1, 0.15) is 0 Å². The molecule has 0 heterocycles. The van der Waals surface area contributed by atoms with Crippen LogP contribution in [0.5, 0.6) is 0 Å². The molecule has 1 heteroatoms. The Balaban J connectivity index is 3.25. The van der Waals surface area contributed by atoms with Gasteiger partial charge in [-0.3, -0.25) is 0 Å². The monoisotopic (exact) mass is 260 g/mol. The molecule has 0 aliphatic carbocycles. The highest BCUT2D eigenvalue weighted by molar-refractivity contribution is 14.1. The van der Waals surface area contributed by atoms with Gasteiger partial charge in [-0.25, -0.2) is 0 Å². The summed E-state index contributed by atoms with van der Waals surface area (Å²) < 4.78 is 1.12. The van der Waals surface area contributed by atoms with E-state index in [1.807, 2.05) is 0 Å². The molecule has 0 aromatic heterocycles. The quantitative estimate of drug-likeness (QED) is 0.535. The summed E-state index contributed by atoms with van der Waals surface area (Å²) in [7, 11) is 0. The smallest absolute Gasteiger partial charge is 0.0252 e. The van der Waals surface area contributed by atoms with Crippen molar-refractivity contribution in [2.24, 2.45) is 0 Å². The SMILES string of the molecule is Cc1cc(C)c(CI)c(C)c1. The van der Waals surface area contributed by atoms with Crippen LogP contribution < -0.4 is 0 Å². The molecule has 0 aliphatic heterocycles. The van der Waals surface area contributed by atoms with Gasteiger partial charge in [-0.05, 0) is 37.5 Å². The molecule has 0 unspecified atom stereocenters. The number of aryl methyl sites for hydroxylation is 3. The topological polar surface area (TPSA) is 0 Å². The second-order valence-electron chi connectivity index (χ2n) is 3.01. The van der Waals surface area contributed by atoms with E-state index in [1.165, 1.54) is 22.3 Å². The van der Waals surface area contributed by atoms with Crippen molar-refractivity contribution in [3.63, 3.8) is 0 Å². The fraction of sp³-hybridized carbons (Fsp3) is 0.400. The molecule has 1 aromatic carbocycles. The Kier molecular flexibility index (Phi) is 2.93. The molecule has 11 heavy (non-hydrogen) atoms. The molecule has 0 aliphatic rings. The van der Waals surface area contributed by atoms with E-state index in [1.54, 1.807) is 0 Å². The highest BCUT2D eigenvalue weighted by atomic mass is 127. The standard InChI is InChI=1S/C10H13I/c1-7-4-8(2)10(6-11)9(3)5-7/h4-5H,6H2,1-3H3. The van der Waals surface area contributed by atoms with Crippen LogP contribution >= 0.6 is 22.6 Å². The maximum atomic E-state index is 2.42. The first-order valence-electron chi connectivity index (χ1n) is 3.78. The number of hydrogen-bond acceptors (Lipinski definition) is 0. The Morgan fingerprint density at radius 2 is 1.55 bits per heavy atom. The van der Waals surface area contributed by atoms with Crippen LogP contribution in [-0.4, -0.2) is 0 Å². The van der Waals surface area contributed by atoms with Gasteiger partial charge in [-0.15, -0.1) is 0 Å². The van der Waals surface area contributed by atoms with Crippen LogP contribution in [0.2, 0.25) is 0 Å². The zero-order chi connectivity index (χ0) is 8.43. The van der Waals surface area contributed by atoms with Crippen LogP contribution in [0.25, 0.3) is 0 Å². The maximum Gasteiger partial charge on any atom is 0.0252 e. The first-order valence-corrected chi connectivity index (χ1v) is 5.30. The van der Waals surface area contributed by atoms with Crippen LogP contribution in [0, 0.1) is 20.8 Å². The lowest BCUT2D eigenvalue weighted by molar-refractivity contribution is 1.23. The summed E-state index contributed by atoms with van der Waals surface area (Å²) in [6, 6.07) is 4.50. The Labute approximate surface area is 82.2 Å². The molecule has 0 bridgehead atoms. The van der Waals surface area contributed by atoms with Crippen molar-refractivity contribution in [1.29, 1.82) is 0 Å². The average molecular weight is 260 g/mol. The normalized spacial score (nSPS) is 10.2. The molecule has 0 nitrogen and oxygen atoms in total. The Bertz CT molecular complexity index is 241. The molecule has 0 amide bonds. The van der Waals surface area contributed by atoms with Crippen LogP contribution in [0.4, 0.5) is 0 Å². The lowest BCUT2D eigenvalue weighted by Gasteiger charge is -2.07. The summed E-state index contributed by atoms with van der Waals surface area (Å²) in [5, 5.41) is 0. The molecule has 0 spiro atoms. The highest BCUT2D eigenvalue weighted by Gasteiger charge is 2.00. The second kappa shape index (κ2) is 3.57. The molecular weight excluding hydrogens is 247 g/mol. The summed E-state index contributed by atoms with van der Waals surface area (Å²) in [6.07, 6.45) is 0. The number of halogens is 1. The largest absolute Gasteiger partial charge is 0.0812 e. The number of benzene rings is 1. The van der Waals surface area contributed by atoms with E-state index < -0.39 is 0 Å². The first kappa shape index (κ1) is 9.04. The molecule has 1 rings (SSSR count). The van der Waals surface area contributed by atoms with Crippen molar-refractivity contribution in [3.05, 3.63) is 34.4 Å². The van der Waals surface area contributed by atoms with Crippen molar-refractivity contribution in [2.45, 2.75) is 25.2 Å². The highest BCUT2D eigenvalue weighted by Crippen LogP contribution is 2.18. The first-order chi connectivity index (χ1) is 5.15. The van der Waals surface area contributed by atoms with E-state index in [0.29, 0.717) is 0 Å². The minimum atomic E-state index is 1.12. The van der Waals surface area contributed by atoms with Crippen molar-refractivity contribution in [3.8, 4) is 0 Å². The van der Waals surface area contributed by atoms with Crippen molar-refractivity contribution >= 4 is 22.6 Å². The van der Waals surface area contributed by atoms with E-state index in [-0.39, 0.29) is 0 Å². The lowest BCUT2D eigenvalue weighted by Crippen LogP contribution is -1.90. The summed E-state index contributed by atoms with van der Waals surface area (Å²) >= 11 is 2.42. The van der Waals surface area contributed by atoms with Gasteiger partial charge < -0.3 is 0 Å². The molecule has 0 atom stereocenters. The van der Waals surface area contributed by atoms with E-state index in [9.17, 15) is 0 Å². The van der Waals surface area contributed by atoms with Gasteiger partial charge in [0.05, 0.1) is 0 Å². The number of alkyl halides is 1. The van der Waals surface area contributed by atoms with E-state index in [0.717, 1.165) is 4.43 Å². The van der Waals surface area contributed by atoms with Gasteiger partial charge in [-0.1, -0.05) is 40.3 Å². The third kappa shape index (κ3) is 1.95. The zero-order valence-corrected chi connectivity index (χ0v) is 9.40. The summed E-state index contributed by atoms with van der Waals surface area (Å²) in [5.41, 5.74) is 5.72. The lowest BCUT2D eigenvalue weighted by atomic mass is 10.0. The van der Waals surface area contributed by atoms with Crippen LogP contribution in [-0.2, 0) is 4.43 Å². The van der Waals surface area contributed by atoms with E-state index in [4.69, 9.17) is 0 Å². The Hall–Kier alpha value is -0.0500. The summed E-state index contributed by atoms with van der Waals surface area (Å²) in [6.45, 7) is 6.53. The fourth-order valence-corrected chi connectivity index (χ4v) is 2.62. The average Bonchev–Trinajstić information content (AvgIpc) is 1.85. The second-order valence-corrected chi connectivity index (χ2v) is 3.77. The third-order valence-corrected chi connectivity index (χ3v) is 2.74. The number of rotatable bonds is 1. The van der Waals surface area contributed by atoms with Crippen molar-refractivity contribution in [2.75, 3.05) is 0 Å². The van der Waals surface area contributed by atoms with E-state index in [2.05, 4.69) is 55.5 Å². The molecule has 0 saturated carbocycles. The van der Waals surface area contributed by atoms with Crippen LogP contribution in [0.15, 0.2) is 12.1 Å². The van der Waals surface area contributed by atoms with Gasteiger partial charge in [-0.2, -0.15) is 0 Å². The van der Waals surface area contributed by atoms with Gasteiger partial charge in [0.15, 0.2) is 0 Å². The van der Waals surface area contributed by atoms with Crippen LogP contribution in [0.1, 0.15) is 22.3 Å². The van der Waals surface area contributed by atoms with Crippen molar-refractivity contribution < 1.29 is 0 Å². The molecule has 0 fully saturated rings. The molecule has 60 valence electrons. The Morgan fingerprint density at radius 3 is 1.91 bits per heavy atom. The molecule has 0 N–H and O–H groups in total. The Morgan fingerprint density at radius 1 is 1.09 bits per heavy atom. The molecule has 0 saturated heterocycles. The predicted octanol–water partition coefficient (Wildman–Crippen LogP) is 3.55. The fourth-order valence-electron chi connectivity index (χ4n) is 1.42. The van der Waals surface area contributed by atoms with Gasteiger partial charge >= 0.3 is 0 Å². The van der Waals surface area contributed by atoms with Crippen LogP contribution in [0.3, 0.4) is 0 Å². The van der Waals surface area contributed by atoms with E-state index >= 15 is 0 Å². The summed E-state index contributed by atoms with van der Waals surface area (Å²) in [5.74, 6) is 0. The predicted molar refractivity (Wildman–Crippen MR) is 58.4 cm³/mol. The minimum Gasteiger partial charge on any atom is -0.0812 e. The van der Waals surface area contributed by atoms with Gasteiger partial charge in [0, 0.05) is 4.43 Å². The summed E-state index contributed by atoms with van der Waals surface area (Å²) in [4.78, 5) is 0. The van der Waals surface area contributed by atoms with Crippen molar-refractivity contribution in [1.82, 2.24) is 0 Å². The van der Waals surface area contributed by atoms with Gasteiger partial charge in [0.2, 0.25) is 0 Å². The molecular formula is C10H13I. The zero-order valence-electron chi connectivity index (χ0n) is 7.24. The van der Waals surface area contributed by atoms with Gasteiger partial charge in [0.25, 0.3) is 0 Å². The maximum absolute atomic E-state index is 2.42. The third-order valence-electron chi connectivity index (χ3n) is 1.97. The molecule has 1 aromatic rings. The minimum absolute atomic E-state index is 1.12. The number of hydrogen-bond donors (Lipinski definition) is 0. The molecule has 0 radical (unpaired) electrons.